The molecule has 9 heteroatoms. The summed E-state index contributed by atoms with van der Waals surface area (Å²) in [6.07, 6.45) is 6.45. The lowest BCUT2D eigenvalue weighted by Gasteiger charge is -2.29. The van der Waals surface area contributed by atoms with E-state index in [2.05, 4.69) is 4.90 Å². The van der Waals surface area contributed by atoms with Crippen molar-refractivity contribution in [1.29, 1.82) is 0 Å². The molecule has 8 nitrogen and oxygen atoms in total. The number of rotatable bonds is 5. The van der Waals surface area contributed by atoms with Gasteiger partial charge >= 0.3 is 0 Å². The van der Waals surface area contributed by atoms with Crippen molar-refractivity contribution >= 4 is 21.8 Å². The maximum absolute atomic E-state index is 13.5. The lowest BCUT2D eigenvalue weighted by molar-refractivity contribution is -0.128. The van der Waals surface area contributed by atoms with Crippen molar-refractivity contribution < 1.29 is 18.0 Å². The Hall–Kier alpha value is -2.13. The quantitative estimate of drug-likeness (QED) is 0.686. The van der Waals surface area contributed by atoms with Gasteiger partial charge in [0.2, 0.25) is 15.9 Å². The maximum atomic E-state index is 13.5. The lowest BCUT2D eigenvalue weighted by atomic mass is 9.89. The minimum absolute atomic E-state index is 0.0934. The van der Waals surface area contributed by atoms with E-state index >= 15 is 0 Å². The van der Waals surface area contributed by atoms with Gasteiger partial charge in [0.25, 0.3) is 5.91 Å². The molecule has 0 saturated carbocycles. The number of aromatic nitrogens is 1. The number of sulfonamides is 1. The summed E-state index contributed by atoms with van der Waals surface area (Å²) in [4.78, 5) is 30.6. The number of hydrogen-bond donors (Lipinski definition) is 0. The molecule has 3 aliphatic rings. The zero-order chi connectivity index (χ0) is 22.5. The van der Waals surface area contributed by atoms with Crippen molar-refractivity contribution in [1.82, 2.24) is 18.7 Å². The molecule has 0 spiro atoms. The first kappa shape index (κ1) is 22.1. The van der Waals surface area contributed by atoms with Crippen LogP contribution < -0.4 is 0 Å². The number of carbonyl (C=O) groups excluding carboxylic acids is 2. The summed E-state index contributed by atoms with van der Waals surface area (Å²) in [7, 11) is -1.84. The smallest absolute Gasteiger partial charge is 0.271 e. The van der Waals surface area contributed by atoms with E-state index in [9.17, 15) is 18.0 Å². The first-order valence-electron chi connectivity index (χ1n) is 11.0. The van der Waals surface area contributed by atoms with Gasteiger partial charge in [-0.2, -0.15) is 0 Å². The molecular weight excluding hydrogens is 416 g/mol. The van der Waals surface area contributed by atoms with E-state index in [1.54, 1.807) is 11.0 Å². The minimum atomic E-state index is -3.74. The fourth-order valence-electron chi connectivity index (χ4n) is 5.20. The average molecular weight is 449 g/mol. The SMILES string of the molecule is CC(C)[C@@H]1C(=O)N(S(C)(=O)=O)C2=CCN(C(=O)c3ccc(CN4CCCCC4)n3C)[C@H]21. The molecule has 2 amide bonds. The van der Waals surface area contributed by atoms with Gasteiger partial charge in [-0.1, -0.05) is 20.3 Å². The average Bonchev–Trinajstić information content (AvgIpc) is 3.34. The molecule has 3 aliphatic heterocycles. The highest BCUT2D eigenvalue weighted by Gasteiger charge is 2.55. The summed E-state index contributed by atoms with van der Waals surface area (Å²) in [5.74, 6) is -1.27. The van der Waals surface area contributed by atoms with Crippen LogP contribution in [0.1, 0.15) is 49.3 Å². The first-order chi connectivity index (χ1) is 14.6. The van der Waals surface area contributed by atoms with Gasteiger partial charge in [-0.05, 0) is 50.1 Å². The number of likely N-dealkylation sites (tertiary alicyclic amines) is 1. The number of piperidine rings is 1. The standard InChI is InChI=1S/C22H32N4O4S/c1-15(2)19-20-17(26(22(19)28)31(4,29)30)10-13-25(20)21(27)18-9-8-16(23(18)3)14-24-11-6-5-7-12-24/h8-10,15,19-20H,5-7,11-14H2,1-4H3/t19-,20+/m0/s1. The van der Waals surface area contributed by atoms with E-state index in [1.165, 1.54) is 19.3 Å². The summed E-state index contributed by atoms with van der Waals surface area (Å²) < 4.78 is 27.4. The lowest BCUT2D eigenvalue weighted by Crippen LogP contribution is -2.43. The van der Waals surface area contributed by atoms with Crippen LogP contribution in [-0.2, 0) is 28.4 Å². The Kier molecular flexibility index (Phi) is 5.76. The Bertz CT molecular complexity index is 1020. The summed E-state index contributed by atoms with van der Waals surface area (Å²) >= 11 is 0. The fourth-order valence-corrected chi connectivity index (χ4v) is 6.21. The van der Waals surface area contributed by atoms with Crippen LogP contribution in [0.2, 0.25) is 0 Å². The second kappa shape index (κ2) is 8.09. The number of carbonyl (C=O) groups is 2. The molecule has 0 aliphatic carbocycles. The van der Waals surface area contributed by atoms with Gasteiger partial charge in [0.05, 0.1) is 23.9 Å². The van der Waals surface area contributed by atoms with Gasteiger partial charge in [0.1, 0.15) is 5.69 Å². The molecule has 0 aromatic carbocycles. The molecule has 0 N–H and O–H groups in total. The Morgan fingerprint density at radius 2 is 1.84 bits per heavy atom. The minimum Gasteiger partial charge on any atom is -0.342 e. The predicted molar refractivity (Wildman–Crippen MR) is 117 cm³/mol. The van der Waals surface area contributed by atoms with Crippen molar-refractivity contribution in [3.63, 3.8) is 0 Å². The molecule has 1 aromatic rings. The van der Waals surface area contributed by atoms with Crippen LogP contribution >= 0.6 is 0 Å². The van der Waals surface area contributed by atoms with Gasteiger partial charge in [0.15, 0.2) is 0 Å². The summed E-state index contributed by atoms with van der Waals surface area (Å²) in [6, 6.07) is 3.29. The van der Waals surface area contributed by atoms with Crippen LogP contribution in [0.15, 0.2) is 23.9 Å². The van der Waals surface area contributed by atoms with E-state index in [4.69, 9.17) is 0 Å². The zero-order valence-electron chi connectivity index (χ0n) is 18.7. The number of amides is 2. The van der Waals surface area contributed by atoms with Crippen LogP contribution in [0.3, 0.4) is 0 Å². The van der Waals surface area contributed by atoms with Crippen LogP contribution in [0, 0.1) is 11.8 Å². The predicted octanol–water partition coefficient (Wildman–Crippen LogP) is 1.79. The van der Waals surface area contributed by atoms with Crippen molar-refractivity contribution in [2.75, 3.05) is 25.9 Å². The van der Waals surface area contributed by atoms with Gasteiger partial charge in [0, 0.05) is 25.8 Å². The van der Waals surface area contributed by atoms with Crippen LogP contribution in [0.25, 0.3) is 0 Å². The van der Waals surface area contributed by atoms with Crippen LogP contribution in [-0.4, -0.2) is 70.8 Å². The first-order valence-corrected chi connectivity index (χ1v) is 12.9. The number of hydrogen-bond acceptors (Lipinski definition) is 5. The van der Waals surface area contributed by atoms with E-state index in [-0.39, 0.29) is 11.8 Å². The third kappa shape index (κ3) is 3.82. The molecule has 170 valence electrons. The fraction of sp³-hybridized carbons (Fsp3) is 0.636. The molecular formula is C22H32N4O4S. The highest BCUT2D eigenvalue weighted by molar-refractivity contribution is 7.89. The van der Waals surface area contributed by atoms with E-state index in [1.807, 2.05) is 37.6 Å². The third-order valence-corrected chi connectivity index (χ3v) is 7.84. The third-order valence-electron chi connectivity index (χ3n) is 6.79. The molecule has 2 saturated heterocycles. The molecule has 1 aromatic heterocycles. The Labute approximate surface area is 184 Å². The Balaban J connectivity index is 1.59. The van der Waals surface area contributed by atoms with E-state index in [0.29, 0.717) is 17.9 Å². The van der Waals surface area contributed by atoms with Crippen molar-refractivity contribution in [3.05, 3.63) is 35.3 Å². The van der Waals surface area contributed by atoms with E-state index < -0.39 is 27.9 Å². The topological polar surface area (TPSA) is 82.9 Å². The normalized spacial score (nSPS) is 24.8. The van der Waals surface area contributed by atoms with Crippen molar-refractivity contribution in [3.8, 4) is 0 Å². The van der Waals surface area contributed by atoms with E-state index in [0.717, 1.165) is 35.9 Å². The molecule has 4 heterocycles. The van der Waals surface area contributed by atoms with Gasteiger partial charge < -0.3 is 9.47 Å². The largest absolute Gasteiger partial charge is 0.342 e. The highest BCUT2D eigenvalue weighted by atomic mass is 32.2. The second-order valence-corrected chi connectivity index (χ2v) is 11.1. The number of fused-ring (bicyclic) bond motifs is 1. The van der Waals surface area contributed by atoms with Gasteiger partial charge in [-0.15, -0.1) is 0 Å². The van der Waals surface area contributed by atoms with Crippen LogP contribution in [0.5, 0.6) is 0 Å². The van der Waals surface area contributed by atoms with Crippen molar-refractivity contribution in [2.24, 2.45) is 18.9 Å². The molecule has 31 heavy (non-hydrogen) atoms. The molecule has 0 radical (unpaired) electrons. The van der Waals surface area contributed by atoms with Crippen molar-refractivity contribution in [2.45, 2.75) is 45.7 Å². The molecule has 2 atom stereocenters. The van der Waals surface area contributed by atoms with Crippen LogP contribution in [0.4, 0.5) is 0 Å². The molecule has 0 bridgehead atoms. The zero-order valence-corrected chi connectivity index (χ0v) is 19.6. The second-order valence-electron chi connectivity index (χ2n) is 9.27. The summed E-state index contributed by atoms with van der Waals surface area (Å²) in [5.41, 5.74) is 2.06. The number of nitrogens with zero attached hydrogens (tertiary/aromatic N) is 4. The molecule has 2 fully saturated rings. The Morgan fingerprint density at radius 1 is 1.16 bits per heavy atom. The molecule has 4 rings (SSSR count). The monoisotopic (exact) mass is 448 g/mol. The Morgan fingerprint density at radius 3 is 2.45 bits per heavy atom. The summed E-state index contributed by atoms with van der Waals surface area (Å²) in [5, 5.41) is 0. The molecule has 0 unspecified atom stereocenters. The summed E-state index contributed by atoms with van der Waals surface area (Å²) in [6.45, 7) is 7.06. The maximum Gasteiger partial charge on any atom is 0.271 e. The van der Waals surface area contributed by atoms with Gasteiger partial charge in [-0.25, -0.2) is 12.7 Å². The van der Waals surface area contributed by atoms with Gasteiger partial charge in [-0.3, -0.25) is 14.5 Å². The highest BCUT2D eigenvalue weighted by Crippen LogP contribution is 2.41.